The van der Waals surface area contributed by atoms with Crippen LogP contribution in [0.3, 0.4) is 0 Å². The second kappa shape index (κ2) is 11.5. The van der Waals surface area contributed by atoms with Crippen molar-refractivity contribution < 1.29 is 23.0 Å². The first-order valence-electron chi connectivity index (χ1n) is 11.6. The molecule has 1 N–H and O–H groups in total. The lowest BCUT2D eigenvalue weighted by Gasteiger charge is -2.34. The highest BCUT2D eigenvalue weighted by Gasteiger charge is 2.34. The molecule has 39 heavy (non-hydrogen) atoms. The van der Waals surface area contributed by atoms with Crippen molar-refractivity contribution >= 4 is 45.1 Å². The van der Waals surface area contributed by atoms with Gasteiger partial charge in [0, 0.05) is 56.3 Å². The molecule has 2 heterocycles. The second-order valence-electron chi connectivity index (χ2n) is 8.79. The molecule has 0 saturated carbocycles. The van der Waals surface area contributed by atoms with E-state index >= 15 is 0 Å². The topological polar surface area (TPSA) is 175 Å². The summed E-state index contributed by atoms with van der Waals surface area (Å²) in [6, 6.07) is 7.92. The zero-order valence-electron chi connectivity index (χ0n) is 21.1. The van der Waals surface area contributed by atoms with Gasteiger partial charge in [-0.1, -0.05) is 6.07 Å². The van der Waals surface area contributed by atoms with Crippen LogP contribution in [0, 0.1) is 20.2 Å². The molecular weight excluding hydrogens is 550 g/mol. The van der Waals surface area contributed by atoms with E-state index in [-0.39, 0.29) is 41.6 Å². The normalized spacial score (nSPS) is 18.3. The standard InChI is InChI=1S/C23H25N7O7S2/c1-15-13-28(14-16(2)37-15)39(35,36)22-11-18(29(31)32)5-6-19(22)26-25-12-17-4-7-21(20(10-17)30(33)34)38-23-24-8-9-27(23)3/h4-12,15-16,26H,13-14H2,1-3H3/b25-12-/t15-,16-/m1/s1. The van der Waals surface area contributed by atoms with E-state index < -0.39 is 25.6 Å². The molecule has 1 aliphatic rings. The highest BCUT2D eigenvalue weighted by molar-refractivity contribution is 7.99. The third-order valence-electron chi connectivity index (χ3n) is 5.74. The quantitative estimate of drug-likeness (QED) is 0.225. The van der Waals surface area contributed by atoms with Crippen molar-refractivity contribution in [3.63, 3.8) is 0 Å². The summed E-state index contributed by atoms with van der Waals surface area (Å²) in [4.78, 5) is 26.1. The lowest BCUT2D eigenvalue weighted by Crippen LogP contribution is -2.48. The van der Waals surface area contributed by atoms with Gasteiger partial charge in [-0.3, -0.25) is 25.7 Å². The van der Waals surface area contributed by atoms with Gasteiger partial charge in [0.25, 0.3) is 11.4 Å². The van der Waals surface area contributed by atoms with Crippen molar-refractivity contribution in [1.29, 1.82) is 0 Å². The molecule has 0 bridgehead atoms. The van der Waals surface area contributed by atoms with Gasteiger partial charge in [-0.25, -0.2) is 13.4 Å². The molecule has 0 radical (unpaired) electrons. The Bertz CT molecular complexity index is 1530. The summed E-state index contributed by atoms with van der Waals surface area (Å²) >= 11 is 1.14. The molecule has 4 rings (SSSR count). The SMILES string of the molecule is C[C@@H]1CN(S(=O)(=O)c2cc([N+](=O)[O-])ccc2N/N=C\c2ccc(Sc3nccn3C)c([N+](=O)[O-])c2)C[C@@H](C)O1. The van der Waals surface area contributed by atoms with Gasteiger partial charge in [-0.05, 0) is 37.7 Å². The van der Waals surface area contributed by atoms with E-state index in [2.05, 4.69) is 15.5 Å². The first-order valence-corrected chi connectivity index (χ1v) is 13.9. The number of hydrazone groups is 1. The molecule has 206 valence electrons. The van der Waals surface area contributed by atoms with Crippen LogP contribution in [0.15, 0.2) is 68.8 Å². The number of non-ortho nitro benzene ring substituents is 1. The van der Waals surface area contributed by atoms with E-state index in [1.54, 1.807) is 50.0 Å². The summed E-state index contributed by atoms with van der Waals surface area (Å²) in [5.41, 5.74) is 2.47. The maximum absolute atomic E-state index is 13.5. The highest BCUT2D eigenvalue weighted by Crippen LogP contribution is 2.34. The second-order valence-corrected chi connectivity index (χ2v) is 11.7. The molecular formula is C23H25N7O7S2. The molecule has 1 aliphatic heterocycles. The fraction of sp³-hybridized carbons (Fsp3) is 0.304. The number of hydrogen-bond donors (Lipinski definition) is 1. The van der Waals surface area contributed by atoms with E-state index in [0.29, 0.717) is 15.6 Å². The minimum Gasteiger partial charge on any atom is -0.373 e. The Morgan fingerprint density at radius 3 is 2.46 bits per heavy atom. The Balaban J connectivity index is 1.61. The van der Waals surface area contributed by atoms with Crippen LogP contribution in [-0.4, -0.2) is 63.6 Å². The number of benzene rings is 2. The molecule has 1 saturated heterocycles. The van der Waals surface area contributed by atoms with Gasteiger partial charge in [0.15, 0.2) is 5.16 Å². The molecule has 0 aliphatic carbocycles. The van der Waals surface area contributed by atoms with Gasteiger partial charge in [0.2, 0.25) is 10.0 Å². The van der Waals surface area contributed by atoms with Crippen LogP contribution in [0.2, 0.25) is 0 Å². The summed E-state index contributed by atoms with van der Waals surface area (Å²) in [5.74, 6) is 0. The number of nitrogens with zero attached hydrogens (tertiary/aromatic N) is 6. The zero-order chi connectivity index (χ0) is 28.3. The fourth-order valence-electron chi connectivity index (χ4n) is 3.97. The number of aryl methyl sites for hydroxylation is 1. The Morgan fingerprint density at radius 1 is 1.13 bits per heavy atom. The summed E-state index contributed by atoms with van der Waals surface area (Å²) in [6.45, 7) is 3.66. The van der Waals surface area contributed by atoms with Crippen LogP contribution in [0.4, 0.5) is 17.1 Å². The largest absolute Gasteiger partial charge is 0.373 e. The minimum absolute atomic E-state index is 0.0140. The predicted molar refractivity (Wildman–Crippen MR) is 144 cm³/mol. The van der Waals surface area contributed by atoms with Gasteiger partial charge in [0.1, 0.15) is 4.90 Å². The molecule has 0 amide bonds. The number of nitro groups is 2. The van der Waals surface area contributed by atoms with Crippen molar-refractivity contribution in [3.05, 3.63) is 74.6 Å². The van der Waals surface area contributed by atoms with Crippen LogP contribution in [0.1, 0.15) is 19.4 Å². The minimum atomic E-state index is -4.15. The average Bonchev–Trinajstić information content (AvgIpc) is 3.28. The Hall–Kier alpha value is -3.86. The van der Waals surface area contributed by atoms with E-state index in [4.69, 9.17) is 4.74 Å². The number of sulfonamides is 1. The van der Waals surface area contributed by atoms with E-state index in [0.717, 1.165) is 23.9 Å². The van der Waals surface area contributed by atoms with Crippen molar-refractivity contribution in [2.75, 3.05) is 18.5 Å². The molecule has 16 heteroatoms. The molecule has 0 spiro atoms. The smallest absolute Gasteiger partial charge is 0.283 e. The first kappa shape index (κ1) is 28.2. The molecule has 14 nitrogen and oxygen atoms in total. The maximum atomic E-state index is 13.5. The van der Waals surface area contributed by atoms with Crippen LogP contribution >= 0.6 is 11.8 Å². The number of anilines is 1. The Morgan fingerprint density at radius 2 is 1.85 bits per heavy atom. The lowest BCUT2D eigenvalue weighted by atomic mass is 10.2. The Kier molecular flexibility index (Phi) is 8.29. The Labute approximate surface area is 228 Å². The lowest BCUT2D eigenvalue weighted by molar-refractivity contribution is -0.387. The van der Waals surface area contributed by atoms with Crippen molar-refractivity contribution in [1.82, 2.24) is 13.9 Å². The van der Waals surface area contributed by atoms with E-state index in [1.807, 2.05) is 0 Å². The summed E-state index contributed by atoms with van der Waals surface area (Å²) in [5, 5.41) is 27.7. The number of aromatic nitrogens is 2. The number of ether oxygens (including phenoxy) is 1. The van der Waals surface area contributed by atoms with E-state index in [9.17, 15) is 28.6 Å². The molecule has 3 aromatic rings. The third-order valence-corrected chi connectivity index (χ3v) is 8.75. The number of rotatable bonds is 9. The van der Waals surface area contributed by atoms with Gasteiger partial charge in [0.05, 0.1) is 38.9 Å². The molecule has 2 atom stereocenters. The van der Waals surface area contributed by atoms with Gasteiger partial charge in [-0.2, -0.15) is 9.41 Å². The first-order chi connectivity index (χ1) is 18.5. The average molecular weight is 576 g/mol. The van der Waals surface area contributed by atoms with Crippen LogP contribution < -0.4 is 5.43 Å². The number of morpholine rings is 1. The molecule has 1 fully saturated rings. The third kappa shape index (κ3) is 6.42. The van der Waals surface area contributed by atoms with Gasteiger partial charge in [-0.15, -0.1) is 0 Å². The molecule has 0 unspecified atom stereocenters. The van der Waals surface area contributed by atoms with E-state index in [1.165, 1.54) is 22.7 Å². The van der Waals surface area contributed by atoms with Crippen molar-refractivity contribution in [2.45, 2.75) is 41.0 Å². The monoisotopic (exact) mass is 575 g/mol. The van der Waals surface area contributed by atoms with Crippen molar-refractivity contribution in [2.24, 2.45) is 12.1 Å². The number of nitro benzene ring substituents is 2. The summed E-state index contributed by atoms with van der Waals surface area (Å²) in [6.07, 6.45) is 3.90. The van der Waals surface area contributed by atoms with Crippen LogP contribution in [0.25, 0.3) is 0 Å². The summed E-state index contributed by atoms with van der Waals surface area (Å²) in [7, 11) is -2.37. The highest BCUT2D eigenvalue weighted by atomic mass is 32.2. The van der Waals surface area contributed by atoms with Crippen LogP contribution in [-0.2, 0) is 21.8 Å². The summed E-state index contributed by atoms with van der Waals surface area (Å²) < 4.78 is 35.6. The number of hydrogen-bond acceptors (Lipinski definition) is 11. The maximum Gasteiger partial charge on any atom is 0.283 e. The number of imidazole rings is 1. The fourth-order valence-corrected chi connectivity index (χ4v) is 6.61. The number of nitrogens with one attached hydrogen (secondary N) is 1. The zero-order valence-corrected chi connectivity index (χ0v) is 22.8. The van der Waals surface area contributed by atoms with Crippen molar-refractivity contribution in [3.8, 4) is 0 Å². The molecule has 1 aromatic heterocycles. The van der Waals surface area contributed by atoms with Gasteiger partial charge >= 0.3 is 0 Å². The molecule has 2 aromatic carbocycles. The van der Waals surface area contributed by atoms with Crippen LogP contribution in [0.5, 0.6) is 0 Å². The van der Waals surface area contributed by atoms with Gasteiger partial charge < -0.3 is 9.30 Å². The predicted octanol–water partition coefficient (Wildman–Crippen LogP) is 3.63.